The maximum Gasteiger partial charge on any atom is 0.312 e. The number of aliphatic hydroxyl groups is 1. The molecule has 34 heavy (non-hydrogen) atoms. The molecule has 3 unspecified atom stereocenters. The Balaban J connectivity index is 1.87. The van der Waals surface area contributed by atoms with Crippen molar-refractivity contribution in [3.05, 3.63) is 35.9 Å². The molecule has 4 rings (SSSR count). The van der Waals surface area contributed by atoms with Gasteiger partial charge in [0.2, 0.25) is 11.8 Å². The number of hydrogen-bond donors (Lipinski definition) is 2. The molecule has 8 heteroatoms. The van der Waals surface area contributed by atoms with E-state index in [0.29, 0.717) is 12.0 Å². The van der Waals surface area contributed by atoms with Gasteiger partial charge in [0.1, 0.15) is 17.6 Å². The molecule has 8 nitrogen and oxygen atoms in total. The number of ether oxygens (including phenoxy) is 2. The second-order valence-corrected chi connectivity index (χ2v) is 11.0. The summed E-state index contributed by atoms with van der Waals surface area (Å²) >= 11 is 0. The van der Waals surface area contributed by atoms with Crippen molar-refractivity contribution in [2.75, 3.05) is 13.2 Å². The van der Waals surface area contributed by atoms with E-state index >= 15 is 0 Å². The van der Waals surface area contributed by atoms with Crippen molar-refractivity contribution in [3.8, 4) is 0 Å². The highest BCUT2D eigenvalue weighted by Gasteiger charge is 2.80. The molecule has 186 valence electrons. The molecule has 3 aliphatic rings. The summed E-state index contributed by atoms with van der Waals surface area (Å²) in [5.41, 5.74) is -1.93. The summed E-state index contributed by atoms with van der Waals surface area (Å²) < 4.78 is 12.0. The molecular formula is C26H36N2O6. The van der Waals surface area contributed by atoms with E-state index in [0.717, 1.165) is 0 Å². The van der Waals surface area contributed by atoms with Crippen LogP contribution in [0.3, 0.4) is 0 Å². The SMILES string of the molecule is CCOC(=O)[C@@H]1[C@H]2C(=O)N([C@H](CO)c3ccccc3)C(C(=O)NC(C)(C)C)C23CC(C)[C@@]1(C)O3. The van der Waals surface area contributed by atoms with Crippen LogP contribution in [0.25, 0.3) is 0 Å². The van der Waals surface area contributed by atoms with Gasteiger partial charge in [-0.05, 0) is 52.5 Å². The molecule has 1 spiro atoms. The van der Waals surface area contributed by atoms with Crippen LogP contribution in [0.15, 0.2) is 30.3 Å². The molecule has 0 radical (unpaired) electrons. The lowest BCUT2D eigenvalue weighted by Gasteiger charge is -2.38. The third-order valence-corrected chi connectivity index (χ3v) is 7.73. The summed E-state index contributed by atoms with van der Waals surface area (Å²) in [6.07, 6.45) is 0.460. The standard InChI is InChI=1S/C26H36N2O6/c1-7-33-23(32)19-18-22(31)28(17(14-29)16-11-9-8-10-12-16)20(21(30)27-24(3,4)5)26(18)13-15(2)25(19,6)34-26/h8-12,15,17-20,29H,7,13-14H2,1-6H3,(H,27,30)/t15?,17-,18+,19+,20?,25-,26?/m1/s1. The Morgan fingerprint density at radius 1 is 1.29 bits per heavy atom. The highest BCUT2D eigenvalue weighted by molar-refractivity contribution is 5.99. The fourth-order valence-electron chi connectivity index (χ4n) is 6.37. The fourth-order valence-corrected chi connectivity index (χ4v) is 6.37. The first-order valence-corrected chi connectivity index (χ1v) is 12.1. The molecule has 3 saturated heterocycles. The molecule has 2 N–H and O–H groups in total. The highest BCUT2D eigenvalue weighted by Crippen LogP contribution is 2.66. The number of rotatable bonds is 6. The molecule has 1 aromatic rings. The molecule has 2 amide bonds. The van der Waals surface area contributed by atoms with Gasteiger partial charge in [0.05, 0.1) is 30.8 Å². The molecule has 0 aliphatic carbocycles. The van der Waals surface area contributed by atoms with E-state index in [4.69, 9.17) is 9.47 Å². The summed E-state index contributed by atoms with van der Waals surface area (Å²) in [6.45, 7) is 11.0. The van der Waals surface area contributed by atoms with E-state index in [9.17, 15) is 19.5 Å². The molecule has 0 saturated carbocycles. The Morgan fingerprint density at radius 2 is 1.94 bits per heavy atom. The van der Waals surface area contributed by atoms with E-state index in [-0.39, 0.29) is 30.9 Å². The monoisotopic (exact) mass is 472 g/mol. The van der Waals surface area contributed by atoms with Gasteiger partial charge in [-0.1, -0.05) is 37.3 Å². The lowest BCUT2D eigenvalue weighted by Crippen LogP contribution is -2.59. The number of fused-ring (bicyclic) bond motifs is 1. The second-order valence-electron chi connectivity index (χ2n) is 11.0. The fraction of sp³-hybridized carbons (Fsp3) is 0.654. The number of hydrogen-bond acceptors (Lipinski definition) is 6. The smallest absolute Gasteiger partial charge is 0.312 e. The molecular weight excluding hydrogens is 436 g/mol. The lowest BCUT2D eigenvalue weighted by atomic mass is 9.62. The van der Waals surface area contributed by atoms with E-state index < -0.39 is 46.6 Å². The summed E-state index contributed by atoms with van der Waals surface area (Å²) in [5, 5.41) is 13.4. The highest BCUT2D eigenvalue weighted by atomic mass is 16.6. The Hall–Kier alpha value is -2.45. The van der Waals surface area contributed by atoms with Crippen molar-refractivity contribution in [2.24, 2.45) is 17.8 Å². The van der Waals surface area contributed by atoms with Crippen LogP contribution in [0.2, 0.25) is 0 Å². The molecule has 2 bridgehead atoms. The van der Waals surface area contributed by atoms with E-state index in [1.165, 1.54) is 4.90 Å². The average molecular weight is 473 g/mol. The topological polar surface area (TPSA) is 105 Å². The first kappa shape index (κ1) is 24.7. The Kier molecular flexibility index (Phi) is 6.05. The number of nitrogens with one attached hydrogen (secondary N) is 1. The Morgan fingerprint density at radius 3 is 2.50 bits per heavy atom. The van der Waals surface area contributed by atoms with E-state index in [1.807, 2.05) is 65.0 Å². The number of esters is 1. The largest absolute Gasteiger partial charge is 0.466 e. The number of carbonyl (C=O) groups is 3. The van der Waals surface area contributed by atoms with Crippen LogP contribution in [-0.2, 0) is 23.9 Å². The van der Waals surface area contributed by atoms with Crippen LogP contribution in [0.1, 0.15) is 59.6 Å². The van der Waals surface area contributed by atoms with Crippen molar-refractivity contribution < 1.29 is 29.0 Å². The van der Waals surface area contributed by atoms with Gasteiger partial charge in [-0.15, -0.1) is 0 Å². The molecule has 3 heterocycles. The normalized spacial score (nSPS) is 35.3. The van der Waals surface area contributed by atoms with Gasteiger partial charge in [0.15, 0.2) is 0 Å². The zero-order valence-corrected chi connectivity index (χ0v) is 20.8. The number of carbonyl (C=O) groups excluding carboxylic acids is 3. The molecule has 1 aromatic carbocycles. The Bertz CT molecular complexity index is 975. The van der Waals surface area contributed by atoms with Crippen molar-refractivity contribution in [3.63, 3.8) is 0 Å². The van der Waals surface area contributed by atoms with Gasteiger partial charge in [-0.3, -0.25) is 14.4 Å². The second kappa shape index (κ2) is 8.34. The van der Waals surface area contributed by atoms with Gasteiger partial charge in [-0.25, -0.2) is 0 Å². The van der Waals surface area contributed by atoms with E-state index in [1.54, 1.807) is 6.92 Å². The van der Waals surface area contributed by atoms with Crippen LogP contribution in [0.4, 0.5) is 0 Å². The van der Waals surface area contributed by atoms with Crippen LogP contribution >= 0.6 is 0 Å². The number of likely N-dealkylation sites (tertiary alicyclic amines) is 1. The molecule has 0 aromatic heterocycles. The van der Waals surface area contributed by atoms with Gasteiger partial charge in [-0.2, -0.15) is 0 Å². The van der Waals surface area contributed by atoms with Crippen molar-refractivity contribution in [2.45, 2.75) is 76.8 Å². The van der Waals surface area contributed by atoms with Gasteiger partial charge in [0.25, 0.3) is 0 Å². The first-order valence-electron chi connectivity index (χ1n) is 12.1. The lowest BCUT2D eigenvalue weighted by molar-refractivity contribution is -0.162. The van der Waals surface area contributed by atoms with Crippen LogP contribution in [-0.4, -0.2) is 63.8 Å². The van der Waals surface area contributed by atoms with Gasteiger partial charge >= 0.3 is 5.97 Å². The molecule has 3 aliphatic heterocycles. The third kappa shape index (κ3) is 3.53. The van der Waals surface area contributed by atoms with Gasteiger partial charge in [0, 0.05) is 5.54 Å². The number of aliphatic hydroxyl groups excluding tert-OH is 1. The minimum Gasteiger partial charge on any atom is -0.466 e. The maximum atomic E-state index is 14.1. The predicted molar refractivity (Wildman–Crippen MR) is 124 cm³/mol. The Labute approximate surface area is 201 Å². The number of amides is 2. The van der Waals surface area contributed by atoms with Crippen LogP contribution < -0.4 is 5.32 Å². The quantitative estimate of drug-likeness (QED) is 0.615. The molecule has 3 fully saturated rings. The summed E-state index contributed by atoms with van der Waals surface area (Å²) in [5.74, 6) is -2.94. The predicted octanol–water partition coefficient (Wildman–Crippen LogP) is 2.21. The van der Waals surface area contributed by atoms with Gasteiger partial charge < -0.3 is 24.8 Å². The van der Waals surface area contributed by atoms with Crippen LogP contribution in [0.5, 0.6) is 0 Å². The summed E-state index contributed by atoms with van der Waals surface area (Å²) in [6, 6.07) is 7.41. The number of nitrogens with zero attached hydrogens (tertiary/aromatic N) is 1. The number of benzene rings is 1. The third-order valence-electron chi connectivity index (χ3n) is 7.73. The first-order chi connectivity index (χ1) is 15.9. The zero-order chi connectivity index (χ0) is 25.1. The van der Waals surface area contributed by atoms with Crippen LogP contribution in [0, 0.1) is 17.8 Å². The minimum atomic E-state index is -1.18. The average Bonchev–Trinajstić information content (AvgIpc) is 3.26. The zero-order valence-electron chi connectivity index (χ0n) is 20.8. The van der Waals surface area contributed by atoms with Crippen molar-refractivity contribution in [1.82, 2.24) is 10.2 Å². The van der Waals surface area contributed by atoms with Crippen molar-refractivity contribution in [1.29, 1.82) is 0 Å². The van der Waals surface area contributed by atoms with Crippen molar-refractivity contribution >= 4 is 17.8 Å². The summed E-state index contributed by atoms with van der Waals surface area (Å²) in [4.78, 5) is 42.6. The molecule has 7 atom stereocenters. The maximum absolute atomic E-state index is 14.1. The minimum absolute atomic E-state index is 0.0693. The van der Waals surface area contributed by atoms with E-state index in [2.05, 4.69) is 5.32 Å². The summed E-state index contributed by atoms with van der Waals surface area (Å²) in [7, 11) is 0.